The molecule has 0 spiro atoms. The number of pyridine rings is 1. The summed E-state index contributed by atoms with van der Waals surface area (Å²) in [6.45, 7) is 5.84. The van der Waals surface area contributed by atoms with Crippen LogP contribution in [0.3, 0.4) is 0 Å². The average molecular weight is 357 g/mol. The number of halogens is 3. The lowest BCUT2D eigenvalue weighted by Gasteiger charge is -2.10. The van der Waals surface area contributed by atoms with E-state index in [2.05, 4.69) is 20.3 Å². The van der Waals surface area contributed by atoms with Crippen molar-refractivity contribution in [2.75, 3.05) is 0 Å². The lowest BCUT2D eigenvalue weighted by Crippen LogP contribution is -2.11. The number of alkyl halides is 3. The lowest BCUT2D eigenvalue weighted by atomic mass is 9.97. The third-order valence-electron chi connectivity index (χ3n) is 3.14. The smallest absolute Gasteiger partial charge is 0.339 e. The van der Waals surface area contributed by atoms with Crippen LogP contribution in [0.5, 0.6) is 0 Å². The minimum Gasteiger partial charge on any atom is -0.339 e. The molecule has 0 bridgehead atoms. The monoisotopic (exact) mass is 357 g/mol. The molecule has 3 aromatic heterocycles. The first-order chi connectivity index (χ1) is 11.1. The highest BCUT2D eigenvalue weighted by Crippen LogP contribution is 2.30. The summed E-state index contributed by atoms with van der Waals surface area (Å²) in [6, 6.07) is 2.26. The molecule has 3 heterocycles. The van der Waals surface area contributed by atoms with Crippen LogP contribution < -0.4 is 0 Å². The molecule has 0 aliphatic heterocycles. The predicted molar refractivity (Wildman–Crippen MR) is 80.5 cm³/mol. The van der Waals surface area contributed by atoms with Gasteiger partial charge in [-0.25, -0.2) is 0 Å². The highest BCUT2D eigenvalue weighted by Gasteiger charge is 2.31. The first-order valence-corrected chi connectivity index (χ1v) is 8.01. The van der Waals surface area contributed by atoms with Crippen LogP contribution in [0.4, 0.5) is 13.2 Å². The van der Waals surface area contributed by atoms with E-state index in [0.717, 1.165) is 12.3 Å². The molecule has 0 saturated carbocycles. The molecule has 0 aliphatic rings. The highest BCUT2D eigenvalue weighted by atomic mass is 32.2. The molecule has 0 saturated heterocycles. The Bertz CT molecular complexity index is 865. The molecule has 0 unspecified atom stereocenters. The van der Waals surface area contributed by atoms with Gasteiger partial charge < -0.3 is 4.52 Å². The van der Waals surface area contributed by atoms with Gasteiger partial charge in [-0.15, -0.1) is 10.2 Å². The predicted octanol–water partition coefficient (Wildman–Crippen LogP) is 3.72. The van der Waals surface area contributed by atoms with Crippen LogP contribution in [-0.2, 0) is 17.3 Å². The summed E-state index contributed by atoms with van der Waals surface area (Å²) in [6.07, 6.45) is -3.44. The van der Waals surface area contributed by atoms with E-state index in [-0.39, 0.29) is 5.41 Å². The summed E-state index contributed by atoms with van der Waals surface area (Å²) >= 11 is 1.19. The summed E-state index contributed by atoms with van der Waals surface area (Å²) in [5, 5.41) is 12.0. The van der Waals surface area contributed by atoms with Gasteiger partial charge in [-0.1, -0.05) is 37.7 Å². The van der Waals surface area contributed by atoms with Crippen LogP contribution in [0.2, 0.25) is 0 Å². The van der Waals surface area contributed by atoms with Crippen LogP contribution in [0.1, 0.15) is 38.0 Å². The molecule has 0 aromatic carbocycles. The molecule has 0 radical (unpaired) electrons. The summed E-state index contributed by atoms with van der Waals surface area (Å²) < 4.78 is 45.0. The van der Waals surface area contributed by atoms with Gasteiger partial charge in [0.15, 0.2) is 16.6 Å². The maximum Gasteiger partial charge on any atom is 0.417 e. The van der Waals surface area contributed by atoms with Gasteiger partial charge >= 0.3 is 6.18 Å². The fourth-order valence-electron chi connectivity index (χ4n) is 1.88. The molecule has 3 rings (SSSR count). The number of nitrogens with zero attached hydrogens (tertiary/aromatic N) is 5. The zero-order valence-electron chi connectivity index (χ0n) is 13.1. The highest BCUT2D eigenvalue weighted by molar-refractivity contribution is 7.98. The molecule has 0 N–H and O–H groups in total. The molecule has 0 fully saturated rings. The molecule has 128 valence electrons. The Morgan fingerprint density at radius 3 is 2.54 bits per heavy atom. The fraction of sp³-hybridized carbons (Fsp3) is 0.429. The fourth-order valence-corrected chi connectivity index (χ4v) is 2.64. The molecule has 0 amide bonds. The van der Waals surface area contributed by atoms with Gasteiger partial charge in [0, 0.05) is 11.6 Å². The average Bonchev–Trinajstić information content (AvgIpc) is 3.10. The molecule has 0 aliphatic carbocycles. The van der Waals surface area contributed by atoms with Crippen LogP contribution >= 0.6 is 11.8 Å². The van der Waals surface area contributed by atoms with Gasteiger partial charge in [-0.05, 0) is 12.1 Å². The first-order valence-electron chi connectivity index (χ1n) is 7.02. The lowest BCUT2D eigenvalue weighted by molar-refractivity contribution is -0.137. The Kier molecular flexibility index (Phi) is 4.02. The third kappa shape index (κ3) is 3.37. The van der Waals surface area contributed by atoms with Gasteiger partial charge in [0.1, 0.15) is 0 Å². The van der Waals surface area contributed by atoms with E-state index in [4.69, 9.17) is 4.52 Å². The largest absolute Gasteiger partial charge is 0.417 e. The number of aromatic nitrogens is 5. The van der Waals surface area contributed by atoms with Crippen molar-refractivity contribution < 1.29 is 17.7 Å². The van der Waals surface area contributed by atoms with Crippen LogP contribution in [-0.4, -0.2) is 24.7 Å². The SMILES string of the molecule is CC(C)(C)c1nc(CSc2nnc3ccc(C(F)(F)F)cn23)no1. The second kappa shape index (κ2) is 5.76. The van der Waals surface area contributed by atoms with Crippen molar-refractivity contribution >= 4 is 17.4 Å². The van der Waals surface area contributed by atoms with E-state index in [1.54, 1.807) is 0 Å². The summed E-state index contributed by atoms with van der Waals surface area (Å²) in [7, 11) is 0. The number of hydrogen-bond donors (Lipinski definition) is 0. The second-order valence-electron chi connectivity index (χ2n) is 6.18. The molecule has 6 nitrogen and oxygen atoms in total. The Morgan fingerprint density at radius 2 is 1.92 bits per heavy atom. The maximum absolute atomic E-state index is 12.8. The standard InChI is InChI=1S/C14H14F3N5OS/c1-13(2,3)11-18-9(21-23-11)7-24-12-20-19-10-5-4-8(6-22(10)12)14(15,16)17/h4-6H,7H2,1-3H3. The second-order valence-corrected chi connectivity index (χ2v) is 7.12. The Balaban J connectivity index is 1.81. The topological polar surface area (TPSA) is 69.1 Å². The van der Waals surface area contributed by atoms with Gasteiger partial charge in [-0.3, -0.25) is 4.40 Å². The quantitative estimate of drug-likeness (QED) is 0.666. The molecule has 3 aromatic rings. The van der Waals surface area contributed by atoms with Crippen molar-refractivity contribution in [3.8, 4) is 0 Å². The summed E-state index contributed by atoms with van der Waals surface area (Å²) in [4.78, 5) is 4.28. The normalized spacial score (nSPS) is 12.9. The molecular formula is C14H14F3N5OS. The van der Waals surface area contributed by atoms with E-state index in [9.17, 15) is 13.2 Å². The minimum absolute atomic E-state index is 0.265. The Hall–Kier alpha value is -2.10. The number of fused-ring (bicyclic) bond motifs is 1. The van der Waals surface area contributed by atoms with Crippen molar-refractivity contribution in [3.63, 3.8) is 0 Å². The molecule has 0 atom stereocenters. The Labute approximate surface area is 139 Å². The van der Waals surface area contributed by atoms with Gasteiger partial charge in [0.25, 0.3) is 0 Å². The van der Waals surface area contributed by atoms with Crippen molar-refractivity contribution in [3.05, 3.63) is 35.6 Å². The van der Waals surface area contributed by atoms with Crippen molar-refractivity contribution in [1.82, 2.24) is 24.7 Å². The number of hydrogen-bond acceptors (Lipinski definition) is 6. The van der Waals surface area contributed by atoms with Crippen LogP contribution in [0, 0.1) is 0 Å². The van der Waals surface area contributed by atoms with E-state index in [0.29, 0.717) is 28.3 Å². The number of thioether (sulfide) groups is 1. The maximum atomic E-state index is 12.8. The molecule has 24 heavy (non-hydrogen) atoms. The molecular weight excluding hydrogens is 343 g/mol. The number of rotatable bonds is 3. The Morgan fingerprint density at radius 1 is 1.17 bits per heavy atom. The summed E-state index contributed by atoms with van der Waals surface area (Å²) in [5.74, 6) is 1.27. The van der Waals surface area contributed by atoms with Gasteiger partial charge in [-0.2, -0.15) is 18.2 Å². The van der Waals surface area contributed by atoms with E-state index in [1.807, 2.05) is 20.8 Å². The van der Waals surface area contributed by atoms with Crippen molar-refractivity contribution in [1.29, 1.82) is 0 Å². The van der Waals surface area contributed by atoms with E-state index in [1.165, 1.54) is 22.2 Å². The van der Waals surface area contributed by atoms with Gasteiger partial charge in [0.2, 0.25) is 5.89 Å². The summed E-state index contributed by atoms with van der Waals surface area (Å²) in [5.41, 5.74) is -0.681. The van der Waals surface area contributed by atoms with Crippen LogP contribution in [0.25, 0.3) is 5.65 Å². The van der Waals surface area contributed by atoms with Crippen molar-refractivity contribution in [2.24, 2.45) is 0 Å². The third-order valence-corrected chi connectivity index (χ3v) is 4.08. The van der Waals surface area contributed by atoms with Gasteiger partial charge in [0.05, 0.1) is 11.3 Å². The zero-order chi connectivity index (χ0) is 17.5. The first kappa shape index (κ1) is 16.7. The molecule has 10 heteroatoms. The zero-order valence-corrected chi connectivity index (χ0v) is 13.9. The van der Waals surface area contributed by atoms with E-state index < -0.39 is 11.7 Å². The van der Waals surface area contributed by atoms with E-state index >= 15 is 0 Å². The minimum atomic E-state index is -4.42. The van der Waals surface area contributed by atoms with Crippen LogP contribution in [0.15, 0.2) is 28.0 Å². The van der Waals surface area contributed by atoms with Crippen molar-refractivity contribution in [2.45, 2.75) is 43.3 Å².